The molecule has 0 aliphatic carbocycles. The van der Waals surface area contributed by atoms with Gasteiger partial charge in [-0.15, -0.1) is 0 Å². The van der Waals surface area contributed by atoms with Gasteiger partial charge in [-0.2, -0.15) is 0 Å². The Morgan fingerprint density at radius 3 is 2.76 bits per heavy atom. The number of rotatable bonds is 6. The first-order chi connectivity index (χ1) is 13.9. The Balaban J connectivity index is 1.74. The van der Waals surface area contributed by atoms with Gasteiger partial charge in [-0.25, -0.2) is 4.98 Å². The summed E-state index contributed by atoms with van der Waals surface area (Å²) in [4.78, 5) is 29.2. The van der Waals surface area contributed by atoms with Crippen LogP contribution in [0, 0.1) is 13.8 Å². The Hall–Kier alpha value is -2.77. The van der Waals surface area contributed by atoms with Crippen LogP contribution in [0.25, 0.3) is 5.69 Å². The van der Waals surface area contributed by atoms with E-state index in [4.69, 9.17) is 16.3 Å². The predicted octanol–water partition coefficient (Wildman–Crippen LogP) is 4.24. The van der Waals surface area contributed by atoms with E-state index in [9.17, 15) is 9.59 Å². The molecule has 29 heavy (non-hydrogen) atoms. The van der Waals surface area contributed by atoms with Crippen molar-refractivity contribution in [3.05, 3.63) is 75.3 Å². The highest BCUT2D eigenvalue weighted by molar-refractivity contribution is 7.99. The first-order valence-electron chi connectivity index (χ1n) is 8.80. The number of halogens is 1. The number of carbonyl (C=O) groups excluding carboxylic acids is 1. The summed E-state index contributed by atoms with van der Waals surface area (Å²) in [5, 5.41) is 3.51. The summed E-state index contributed by atoms with van der Waals surface area (Å²) in [6.07, 6.45) is 3.07. The van der Waals surface area contributed by atoms with E-state index in [1.807, 2.05) is 32.0 Å². The van der Waals surface area contributed by atoms with Crippen molar-refractivity contribution in [2.45, 2.75) is 18.9 Å². The predicted molar refractivity (Wildman–Crippen MR) is 117 cm³/mol. The summed E-state index contributed by atoms with van der Waals surface area (Å²) in [6, 6.07) is 10.9. The minimum Gasteiger partial charge on any atom is -0.495 e. The molecule has 1 aromatic heterocycles. The maximum absolute atomic E-state index is 12.8. The van der Waals surface area contributed by atoms with Gasteiger partial charge < -0.3 is 10.1 Å². The molecule has 0 radical (unpaired) electrons. The minimum absolute atomic E-state index is 0.0724. The van der Waals surface area contributed by atoms with Gasteiger partial charge in [-0.1, -0.05) is 35.5 Å². The molecule has 0 bridgehead atoms. The van der Waals surface area contributed by atoms with Crippen LogP contribution in [0.3, 0.4) is 0 Å². The zero-order valence-corrected chi connectivity index (χ0v) is 17.8. The molecule has 1 heterocycles. The molecule has 8 heteroatoms. The number of carbonyl (C=O) groups is 1. The maximum Gasteiger partial charge on any atom is 0.287 e. The van der Waals surface area contributed by atoms with Gasteiger partial charge in [-0.3, -0.25) is 14.2 Å². The number of amides is 1. The van der Waals surface area contributed by atoms with Gasteiger partial charge in [0, 0.05) is 18.1 Å². The number of hydrogen-bond donors (Lipinski definition) is 1. The third-order valence-corrected chi connectivity index (χ3v) is 5.49. The summed E-state index contributed by atoms with van der Waals surface area (Å²) in [6.45, 7) is 3.89. The van der Waals surface area contributed by atoms with Crippen molar-refractivity contribution in [1.82, 2.24) is 9.55 Å². The van der Waals surface area contributed by atoms with Crippen LogP contribution in [0.1, 0.15) is 11.1 Å². The molecule has 3 rings (SSSR count). The van der Waals surface area contributed by atoms with Gasteiger partial charge in [0.15, 0.2) is 5.03 Å². The van der Waals surface area contributed by atoms with E-state index in [0.717, 1.165) is 28.6 Å². The standard InChI is InChI=1S/C21H20ClN3O3S/c1-13-4-5-14(2)17(10-13)24-19(26)12-29-20-21(27)25(9-8-23-20)15-6-7-18(28-3)16(22)11-15/h4-11H,12H2,1-3H3,(H,24,26). The van der Waals surface area contributed by atoms with Crippen LogP contribution in [0.5, 0.6) is 5.75 Å². The first kappa shape index (κ1) is 21.0. The van der Waals surface area contributed by atoms with Crippen LogP contribution in [-0.2, 0) is 4.79 Å². The van der Waals surface area contributed by atoms with Gasteiger partial charge in [0.25, 0.3) is 5.56 Å². The molecule has 0 spiro atoms. The zero-order chi connectivity index (χ0) is 21.0. The van der Waals surface area contributed by atoms with E-state index >= 15 is 0 Å². The maximum atomic E-state index is 12.8. The summed E-state index contributed by atoms with van der Waals surface area (Å²) in [5.74, 6) is 0.395. The van der Waals surface area contributed by atoms with Crippen LogP contribution in [0.2, 0.25) is 5.02 Å². The van der Waals surface area contributed by atoms with Crippen LogP contribution < -0.4 is 15.6 Å². The molecule has 0 atom stereocenters. The number of aromatic nitrogens is 2. The van der Waals surface area contributed by atoms with E-state index in [-0.39, 0.29) is 22.2 Å². The molecule has 6 nitrogen and oxygen atoms in total. The summed E-state index contributed by atoms with van der Waals surface area (Å²) in [5.41, 5.74) is 3.07. The van der Waals surface area contributed by atoms with Gasteiger partial charge in [0.05, 0.1) is 23.6 Å². The third-order valence-electron chi connectivity index (χ3n) is 4.23. The van der Waals surface area contributed by atoms with Crippen LogP contribution in [0.15, 0.2) is 58.6 Å². The molecule has 0 saturated heterocycles. The molecule has 0 saturated carbocycles. The molecule has 150 valence electrons. The molecule has 3 aromatic rings. The number of anilines is 1. The van der Waals surface area contributed by atoms with E-state index in [1.54, 1.807) is 24.4 Å². The number of benzene rings is 2. The number of nitrogens with zero attached hydrogens (tertiary/aromatic N) is 2. The molecule has 0 aliphatic heterocycles. The van der Waals surface area contributed by atoms with Gasteiger partial charge in [0.1, 0.15) is 5.75 Å². The smallest absolute Gasteiger partial charge is 0.287 e. The lowest BCUT2D eigenvalue weighted by Gasteiger charge is -2.10. The van der Waals surface area contributed by atoms with Gasteiger partial charge in [0.2, 0.25) is 5.91 Å². The Morgan fingerprint density at radius 1 is 1.24 bits per heavy atom. The minimum atomic E-state index is -0.321. The molecule has 1 amide bonds. The highest BCUT2D eigenvalue weighted by atomic mass is 35.5. The monoisotopic (exact) mass is 429 g/mol. The Bertz CT molecular complexity index is 1110. The largest absolute Gasteiger partial charge is 0.495 e. The number of ether oxygens (including phenoxy) is 1. The summed E-state index contributed by atoms with van der Waals surface area (Å²) >= 11 is 7.25. The van der Waals surface area contributed by atoms with Crippen LogP contribution >= 0.6 is 23.4 Å². The molecule has 1 N–H and O–H groups in total. The lowest BCUT2D eigenvalue weighted by Crippen LogP contribution is -2.22. The molecule has 2 aromatic carbocycles. The lowest BCUT2D eigenvalue weighted by molar-refractivity contribution is -0.113. The van der Waals surface area contributed by atoms with Crippen molar-refractivity contribution in [3.8, 4) is 11.4 Å². The fourth-order valence-electron chi connectivity index (χ4n) is 2.69. The highest BCUT2D eigenvalue weighted by Crippen LogP contribution is 2.26. The molecule has 0 fully saturated rings. The molecule has 0 aliphatic rings. The molecular formula is C21H20ClN3O3S. The van der Waals surface area contributed by atoms with Gasteiger partial charge >= 0.3 is 0 Å². The third kappa shape index (κ3) is 4.99. The second kappa shape index (κ2) is 9.15. The van der Waals surface area contributed by atoms with E-state index in [2.05, 4.69) is 10.3 Å². The fraction of sp³-hybridized carbons (Fsp3) is 0.190. The quantitative estimate of drug-likeness (QED) is 0.593. The van der Waals surface area contributed by atoms with E-state index in [0.29, 0.717) is 16.5 Å². The first-order valence-corrected chi connectivity index (χ1v) is 10.2. The Labute approximate surface area is 177 Å². The van der Waals surface area contributed by atoms with E-state index < -0.39 is 0 Å². The molecule has 0 unspecified atom stereocenters. The topological polar surface area (TPSA) is 73.2 Å². The van der Waals surface area contributed by atoms with Gasteiger partial charge in [-0.05, 0) is 49.2 Å². The van der Waals surface area contributed by atoms with Crippen LogP contribution in [0.4, 0.5) is 5.69 Å². The highest BCUT2D eigenvalue weighted by Gasteiger charge is 2.12. The van der Waals surface area contributed by atoms with E-state index in [1.165, 1.54) is 17.9 Å². The van der Waals surface area contributed by atoms with Crippen molar-refractivity contribution in [2.75, 3.05) is 18.2 Å². The Morgan fingerprint density at radius 2 is 2.03 bits per heavy atom. The average molecular weight is 430 g/mol. The Kier molecular flexibility index (Phi) is 6.61. The van der Waals surface area contributed by atoms with Crippen molar-refractivity contribution in [2.24, 2.45) is 0 Å². The van der Waals surface area contributed by atoms with Crippen molar-refractivity contribution in [3.63, 3.8) is 0 Å². The molecular weight excluding hydrogens is 410 g/mol. The number of nitrogens with one attached hydrogen (secondary N) is 1. The SMILES string of the molecule is COc1ccc(-n2ccnc(SCC(=O)Nc3cc(C)ccc3C)c2=O)cc1Cl. The van der Waals surface area contributed by atoms with Crippen molar-refractivity contribution in [1.29, 1.82) is 0 Å². The number of methoxy groups -OCH3 is 1. The number of hydrogen-bond acceptors (Lipinski definition) is 5. The second-order valence-electron chi connectivity index (χ2n) is 6.38. The fourth-order valence-corrected chi connectivity index (χ4v) is 3.64. The zero-order valence-electron chi connectivity index (χ0n) is 16.2. The van der Waals surface area contributed by atoms with Crippen molar-refractivity contribution < 1.29 is 9.53 Å². The average Bonchev–Trinajstić information content (AvgIpc) is 2.70. The van der Waals surface area contributed by atoms with Crippen LogP contribution in [-0.4, -0.2) is 28.3 Å². The second-order valence-corrected chi connectivity index (χ2v) is 7.75. The lowest BCUT2D eigenvalue weighted by atomic mass is 10.1. The van der Waals surface area contributed by atoms with Crippen molar-refractivity contribution >= 4 is 35.0 Å². The number of aryl methyl sites for hydroxylation is 2. The number of thioether (sulfide) groups is 1. The summed E-state index contributed by atoms with van der Waals surface area (Å²) in [7, 11) is 1.53. The normalized spacial score (nSPS) is 10.6. The summed E-state index contributed by atoms with van der Waals surface area (Å²) < 4.78 is 6.57.